The van der Waals surface area contributed by atoms with Crippen molar-refractivity contribution >= 4 is 45.6 Å². The first kappa shape index (κ1) is 27.7. The van der Waals surface area contributed by atoms with E-state index in [1.54, 1.807) is 24.3 Å². The molecule has 0 radical (unpaired) electrons. The van der Waals surface area contributed by atoms with Crippen LogP contribution < -0.4 is 14.8 Å². The quantitative estimate of drug-likeness (QED) is 0.267. The average Bonchev–Trinajstić information content (AvgIpc) is 2.83. The van der Waals surface area contributed by atoms with Gasteiger partial charge in [-0.25, -0.2) is 14.4 Å². The Labute approximate surface area is 203 Å². The Morgan fingerprint density at radius 3 is 2.35 bits per heavy atom. The maximum absolute atomic E-state index is 13.6. The molecule has 0 bridgehead atoms. The molecule has 0 aliphatic carbocycles. The summed E-state index contributed by atoms with van der Waals surface area (Å²) in [7, 11) is 1.38. The summed E-state index contributed by atoms with van der Waals surface area (Å²) >= 11 is 12.0. The zero-order chi connectivity index (χ0) is 24.1. The number of benzene rings is 2. The largest absolute Gasteiger partial charge is 0.493 e. The van der Waals surface area contributed by atoms with E-state index < -0.39 is 37.7 Å². The fraction of sp³-hybridized carbons (Fsp3) is 0.333. The zero-order valence-corrected chi connectivity index (χ0v) is 19.3. The Balaban J connectivity index is 0.00000408. The molecule has 0 spiro atoms. The van der Waals surface area contributed by atoms with Crippen LogP contribution in [-0.2, 0) is 0 Å². The van der Waals surface area contributed by atoms with Crippen molar-refractivity contribution in [1.82, 2.24) is 9.97 Å². The van der Waals surface area contributed by atoms with E-state index in [0.717, 1.165) is 0 Å². The monoisotopic (exact) mass is 519 g/mol. The van der Waals surface area contributed by atoms with Crippen LogP contribution in [0.25, 0.3) is 10.9 Å². The lowest BCUT2D eigenvalue weighted by molar-refractivity contribution is -0.0981. The number of nitrogens with one attached hydrogen (secondary N) is 1. The Morgan fingerprint density at radius 2 is 1.74 bits per heavy atom. The van der Waals surface area contributed by atoms with Gasteiger partial charge >= 0.3 is 0 Å². The van der Waals surface area contributed by atoms with E-state index in [0.29, 0.717) is 32.5 Å². The minimum absolute atomic E-state index is 0. The topological polar surface area (TPSA) is 169 Å². The summed E-state index contributed by atoms with van der Waals surface area (Å²) in [4.78, 5) is 8.45. The van der Waals surface area contributed by atoms with E-state index in [1.165, 1.54) is 19.5 Å². The third kappa shape index (κ3) is 6.13. The number of ether oxygens (including phenoxy) is 2. The molecule has 3 aromatic rings. The molecule has 13 heteroatoms. The van der Waals surface area contributed by atoms with Crippen molar-refractivity contribution in [2.24, 2.45) is 0 Å². The molecule has 0 amide bonds. The van der Waals surface area contributed by atoms with Gasteiger partial charge in [0.25, 0.3) is 0 Å². The summed E-state index contributed by atoms with van der Waals surface area (Å²) in [5.41, 5.74) is 1.06. The molecule has 4 atom stereocenters. The molecular formula is C21H24Cl2FN3O7. The lowest BCUT2D eigenvalue weighted by atomic mass is 10.0. The van der Waals surface area contributed by atoms with Gasteiger partial charge in [0.15, 0.2) is 23.8 Å². The first-order valence-electron chi connectivity index (χ1n) is 9.72. The predicted molar refractivity (Wildman–Crippen MR) is 125 cm³/mol. The van der Waals surface area contributed by atoms with Crippen LogP contribution in [0.1, 0.15) is 0 Å². The molecule has 1 heterocycles. The number of aliphatic hydroxyl groups excluding tert-OH is 4. The lowest BCUT2D eigenvalue weighted by Gasteiger charge is -2.28. The van der Waals surface area contributed by atoms with Crippen LogP contribution in [0.5, 0.6) is 11.5 Å². The maximum Gasteiger partial charge on any atom is 0.164 e. The van der Waals surface area contributed by atoms with Gasteiger partial charge in [-0.3, -0.25) is 0 Å². The average molecular weight is 520 g/mol. The second-order valence-electron chi connectivity index (χ2n) is 7.02. The first-order valence-corrected chi connectivity index (χ1v) is 10.5. The Hall–Kier alpha value is -2.51. The van der Waals surface area contributed by atoms with Crippen molar-refractivity contribution < 1.29 is 39.8 Å². The number of hydrogen-bond acceptors (Lipinski definition) is 9. The van der Waals surface area contributed by atoms with E-state index in [4.69, 9.17) is 37.8 Å². The maximum atomic E-state index is 13.6. The second-order valence-corrected chi connectivity index (χ2v) is 7.83. The van der Waals surface area contributed by atoms with Gasteiger partial charge in [-0.2, -0.15) is 0 Å². The minimum atomic E-state index is -2.11. The highest BCUT2D eigenvalue weighted by atomic mass is 35.5. The van der Waals surface area contributed by atoms with E-state index >= 15 is 0 Å². The SMILES string of the molecule is COc1cc2c(Nc3ccc(Cl)c(Cl)c3)ncnc2cc1O[C@H](CO)[C@H](O)[C@@H](O)[C@H](F)CO.O. The Morgan fingerprint density at radius 1 is 1.00 bits per heavy atom. The van der Waals surface area contributed by atoms with Gasteiger partial charge in [-0.05, 0) is 24.3 Å². The third-order valence-electron chi connectivity index (χ3n) is 4.84. The zero-order valence-electron chi connectivity index (χ0n) is 17.8. The molecular weight excluding hydrogens is 496 g/mol. The van der Waals surface area contributed by atoms with Gasteiger partial charge in [0.2, 0.25) is 0 Å². The van der Waals surface area contributed by atoms with Crippen molar-refractivity contribution in [2.75, 3.05) is 25.6 Å². The normalized spacial score (nSPS) is 14.6. The number of methoxy groups -OCH3 is 1. The number of alkyl halides is 1. The fourth-order valence-corrected chi connectivity index (χ4v) is 3.34. The van der Waals surface area contributed by atoms with Crippen LogP contribution in [0, 0.1) is 0 Å². The smallest absolute Gasteiger partial charge is 0.164 e. The molecule has 0 saturated carbocycles. The van der Waals surface area contributed by atoms with Gasteiger partial charge in [0.05, 0.1) is 35.9 Å². The standard InChI is InChI=1S/C21H22Cl2FN3O6.H2O/c1-32-16-5-11-15(6-17(16)33-18(8-29)20(31)19(30)14(24)7-28)25-9-26-21(11)27-10-2-3-12(22)13(23)4-10;/h2-6,9,14,18-20,28-31H,7-8H2,1H3,(H,25,26,27);1H2/t14-,18-,19+,20+;/m1./s1. The van der Waals surface area contributed by atoms with Crippen molar-refractivity contribution in [1.29, 1.82) is 0 Å². The summed E-state index contributed by atoms with van der Waals surface area (Å²) in [6.07, 6.45) is -6.00. The molecule has 186 valence electrons. The van der Waals surface area contributed by atoms with Crippen LogP contribution in [0.4, 0.5) is 15.9 Å². The lowest BCUT2D eigenvalue weighted by Crippen LogP contribution is -2.48. The van der Waals surface area contributed by atoms with E-state index in [-0.39, 0.29) is 17.0 Å². The molecule has 1 aromatic heterocycles. The van der Waals surface area contributed by atoms with E-state index in [9.17, 15) is 19.7 Å². The summed E-state index contributed by atoms with van der Waals surface area (Å²) in [6, 6.07) is 8.05. The van der Waals surface area contributed by atoms with Crippen molar-refractivity contribution in [2.45, 2.75) is 24.5 Å². The number of anilines is 2. The number of fused-ring (bicyclic) bond motifs is 1. The molecule has 0 unspecified atom stereocenters. The predicted octanol–water partition coefficient (Wildman–Crippen LogP) is 1.66. The van der Waals surface area contributed by atoms with E-state index in [2.05, 4.69) is 15.3 Å². The highest BCUT2D eigenvalue weighted by Crippen LogP contribution is 2.36. The van der Waals surface area contributed by atoms with Crippen LogP contribution in [0.3, 0.4) is 0 Å². The molecule has 10 nitrogen and oxygen atoms in total. The fourth-order valence-electron chi connectivity index (χ4n) is 3.05. The van der Waals surface area contributed by atoms with Crippen molar-refractivity contribution in [3.05, 3.63) is 46.7 Å². The van der Waals surface area contributed by atoms with Gasteiger partial charge in [-0.1, -0.05) is 23.2 Å². The van der Waals surface area contributed by atoms with Crippen LogP contribution in [0.15, 0.2) is 36.7 Å². The molecule has 0 aliphatic heterocycles. The summed E-state index contributed by atoms with van der Waals surface area (Å²) in [5, 5.41) is 42.9. The summed E-state index contributed by atoms with van der Waals surface area (Å²) in [6.45, 7) is -1.74. The number of aromatic nitrogens is 2. The second kappa shape index (κ2) is 12.3. The van der Waals surface area contributed by atoms with Gasteiger partial charge in [-0.15, -0.1) is 0 Å². The van der Waals surface area contributed by atoms with Crippen LogP contribution >= 0.6 is 23.2 Å². The molecule has 2 aromatic carbocycles. The van der Waals surface area contributed by atoms with Gasteiger partial charge < -0.3 is 40.7 Å². The molecule has 7 N–H and O–H groups in total. The number of rotatable bonds is 10. The molecule has 0 fully saturated rings. The highest BCUT2D eigenvalue weighted by Gasteiger charge is 2.34. The number of nitrogens with zero attached hydrogens (tertiary/aromatic N) is 2. The molecule has 34 heavy (non-hydrogen) atoms. The van der Waals surface area contributed by atoms with Crippen molar-refractivity contribution in [3.63, 3.8) is 0 Å². The number of aliphatic hydroxyl groups is 4. The highest BCUT2D eigenvalue weighted by molar-refractivity contribution is 6.42. The van der Waals surface area contributed by atoms with Gasteiger partial charge in [0, 0.05) is 17.1 Å². The first-order chi connectivity index (χ1) is 15.8. The Bertz CT molecular complexity index is 1110. The van der Waals surface area contributed by atoms with Crippen LogP contribution in [0.2, 0.25) is 10.0 Å². The third-order valence-corrected chi connectivity index (χ3v) is 5.58. The molecule has 3 rings (SSSR count). The number of hydrogen-bond donors (Lipinski definition) is 5. The Kier molecular flexibility index (Phi) is 10.0. The summed E-state index contributed by atoms with van der Waals surface area (Å²) in [5.74, 6) is 0.711. The van der Waals surface area contributed by atoms with Gasteiger partial charge in [0.1, 0.15) is 24.4 Å². The minimum Gasteiger partial charge on any atom is -0.493 e. The van der Waals surface area contributed by atoms with Crippen LogP contribution in [-0.4, -0.2) is 80.7 Å². The molecule has 0 saturated heterocycles. The van der Waals surface area contributed by atoms with E-state index in [1.807, 2.05) is 0 Å². The van der Waals surface area contributed by atoms with Crippen molar-refractivity contribution in [3.8, 4) is 11.5 Å². The summed E-state index contributed by atoms with van der Waals surface area (Å²) < 4.78 is 24.5. The molecule has 0 aliphatic rings. The number of halogens is 3.